The fourth-order valence-corrected chi connectivity index (χ4v) is 5.25. The van der Waals surface area contributed by atoms with Gasteiger partial charge < -0.3 is 25.6 Å². The van der Waals surface area contributed by atoms with Crippen LogP contribution in [0.25, 0.3) is 0 Å². The lowest BCUT2D eigenvalue weighted by molar-refractivity contribution is -0.111. The van der Waals surface area contributed by atoms with Crippen molar-refractivity contribution >= 4 is 46.2 Å². The zero-order chi connectivity index (χ0) is 24.7. The maximum absolute atomic E-state index is 12.7. The number of hydrogen-bond donors (Lipinski definition) is 3. The first kappa shape index (κ1) is 26.2. The van der Waals surface area contributed by atoms with Gasteiger partial charge in [-0.1, -0.05) is 44.7 Å². The van der Waals surface area contributed by atoms with Crippen molar-refractivity contribution in [1.82, 2.24) is 15.5 Å². The van der Waals surface area contributed by atoms with Gasteiger partial charge in [0.1, 0.15) is 5.76 Å². The Morgan fingerprint density at radius 3 is 2.82 bits per heavy atom. The van der Waals surface area contributed by atoms with Gasteiger partial charge in [-0.05, 0) is 32.3 Å². The molecule has 1 aromatic rings. The predicted molar refractivity (Wildman–Crippen MR) is 142 cm³/mol. The largest absolute Gasteiger partial charge is 0.472 e. The van der Waals surface area contributed by atoms with Crippen LogP contribution in [0, 0.1) is 5.41 Å². The molecule has 8 nitrogen and oxygen atoms in total. The highest BCUT2D eigenvalue weighted by Crippen LogP contribution is 2.33. The topological polar surface area (TPSA) is 95.1 Å². The molecule has 0 saturated carbocycles. The van der Waals surface area contributed by atoms with Crippen molar-refractivity contribution in [3.8, 4) is 0 Å². The van der Waals surface area contributed by atoms with Crippen molar-refractivity contribution in [2.24, 2.45) is 10.4 Å². The van der Waals surface area contributed by atoms with Gasteiger partial charge in [0.25, 0.3) is 5.91 Å². The number of rotatable bonds is 8. The van der Waals surface area contributed by atoms with E-state index in [9.17, 15) is 9.59 Å². The van der Waals surface area contributed by atoms with Gasteiger partial charge in [0.05, 0.1) is 16.9 Å². The number of nitrogens with zero attached hydrogens (tertiary/aromatic N) is 2. The minimum Gasteiger partial charge on any atom is -0.472 e. The molecule has 1 aromatic carbocycles. The smallest absolute Gasteiger partial charge is 0.257 e. The molecular formula is C24H33N5O3S2. The minimum atomic E-state index is -0.254. The molecule has 0 radical (unpaired) electrons. The van der Waals surface area contributed by atoms with Gasteiger partial charge in [0.15, 0.2) is 11.4 Å². The normalized spacial score (nSPS) is 20.1. The maximum atomic E-state index is 12.7. The fourth-order valence-electron chi connectivity index (χ4n) is 3.03. The Hall–Kier alpha value is -2.43. The van der Waals surface area contributed by atoms with Crippen LogP contribution in [0.5, 0.6) is 0 Å². The molecule has 2 heterocycles. The lowest BCUT2D eigenvalue weighted by atomic mass is 9.95. The number of amides is 2. The summed E-state index contributed by atoms with van der Waals surface area (Å²) in [6.45, 7) is 7.68. The Balaban J connectivity index is 1.43. The van der Waals surface area contributed by atoms with Crippen molar-refractivity contribution in [3.63, 3.8) is 0 Å². The van der Waals surface area contributed by atoms with Crippen LogP contribution >= 0.6 is 23.5 Å². The van der Waals surface area contributed by atoms with Gasteiger partial charge >= 0.3 is 0 Å². The first-order chi connectivity index (χ1) is 16.1. The summed E-state index contributed by atoms with van der Waals surface area (Å²) in [4.78, 5) is 31.2. The first-order valence-corrected chi connectivity index (χ1v) is 13.0. The second-order valence-corrected chi connectivity index (χ2v) is 12.0. The average Bonchev–Trinajstić information content (AvgIpc) is 3.41. The van der Waals surface area contributed by atoms with Crippen LogP contribution in [-0.2, 0) is 9.53 Å². The van der Waals surface area contributed by atoms with Crippen molar-refractivity contribution in [2.75, 3.05) is 38.3 Å². The summed E-state index contributed by atoms with van der Waals surface area (Å²) in [7, 11) is 3.86. The van der Waals surface area contributed by atoms with E-state index in [1.807, 2.05) is 25.2 Å². The number of allylic oxidation sites excluding steroid dienone is 1. The monoisotopic (exact) mass is 503 g/mol. The van der Waals surface area contributed by atoms with E-state index in [1.54, 1.807) is 53.9 Å². The molecule has 0 fully saturated rings. The van der Waals surface area contributed by atoms with Crippen molar-refractivity contribution in [2.45, 2.75) is 31.6 Å². The number of hydrogen-bond acceptors (Lipinski definition) is 8. The molecule has 0 bridgehead atoms. The van der Waals surface area contributed by atoms with E-state index in [4.69, 9.17) is 4.74 Å². The highest BCUT2D eigenvalue weighted by atomic mass is 32.2. The van der Waals surface area contributed by atoms with E-state index in [-0.39, 0.29) is 28.0 Å². The third-order valence-corrected chi connectivity index (χ3v) is 7.40. The molecule has 2 aliphatic rings. The summed E-state index contributed by atoms with van der Waals surface area (Å²) in [5.74, 6) is 1.26. The molecular weight excluding hydrogens is 470 g/mol. The quantitative estimate of drug-likeness (QED) is 0.468. The van der Waals surface area contributed by atoms with Crippen LogP contribution < -0.4 is 16.0 Å². The van der Waals surface area contributed by atoms with Crippen LogP contribution in [0.15, 0.2) is 53.4 Å². The third-order valence-electron chi connectivity index (χ3n) is 4.82. The number of amidine groups is 1. The fraction of sp³-hybridized carbons (Fsp3) is 0.458. The number of likely N-dealkylation sites (N-methyl/N-ethyl adjacent to an activating group) is 1. The number of thioether (sulfide) groups is 2. The third kappa shape index (κ3) is 8.11. The summed E-state index contributed by atoms with van der Waals surface area (Å²) in [6, 6.07) is 6.86. The van der Waals surface area contributed by atoms with E-state index < -0.39 is 0 Å². The number of carbonyl (C=O) groups is 2. The molecule has 2 unspecified atom stereocenters. The Morgan fingerprint density at radius 2 is 2.12 bits per heavy atom. The van der Waals surface area contributed by atoms with Gasteiger partial charge in [-0.25, -0.2) is 0 Å². The summed E-state index contributed by atoms with van der Waals surface area (Å²) >= 11 is 3.30. The number of nitrogens with one attached hydrogen (secondary N) is 3. The molecule has 0 spiro atoms. The summed E-state index contributed by atoms with van der Waals surface area (Å²) in [6.07, 6.45) is 5.17. The van der Waals surface area contributed by atoms with Crippen LogP contribution in [-0.4, -0.2) is 65.6 Å². The average molecular weight is 504 g/mol. The molecule has 184 valence electrons. The van der Waals surface area contributed by atoms with Gasteiger partial charge in [-0.3, -0.25) is 14.6 Å². The van der Waals surface area contributed by atoms with E-state index in [1.165, 1.54) is 6.08 Å². The summed E-state index contributed by atoms with van der Waals surface area (Å²) in [5.41, 5.74) is 1.01. The van der Waals surface area contributed by atoms with Gasteiger partial charge in [-0.2, -0.15) is 0 Å². The second-order valence-electron chi connectivity index (χ2n) is 9.25. The molecule has 0 saturated heterocycles. The molecule has 2 atom stereocenters. The number of anilines is 1. The summed E-state index contributed by atoms with van der Waals surface area (Å²) in [5, 5.41) is 9.55. The molecule has 3 N–H and O–H groups in total. The lowest BCUT2D eigenvalue weighted by Crippen LogP contribution is -2.28. The zero-order valence-electron chi connectivity index (χ0n) is 20.3. The SMILES string of the molecule is CN(C)C/C=C/C(=O)Nc1cccc(C(=O)NC2=NCC(SCC3NC=C(C(C)(C)C)O3)S2)c1. The van der Waals surface area contributed by atoms with E-state index in [0.717, 1.165) is 11.5 Å². The Morgan fingerprint density at radius 1 is 1.32 bits per heavy atom. The maximum Gasteiger partial charge on any atom is 0.257 e. The van der Waals surface area contributed by atoms with E-state index >= 15 is 0 Å². The Labute approximate surface area is 210 Å². The Kier molecular flexibility index (Phi) is 9.10. The first-order valence-electron chi connectivity index (χ1n) is 11.1. The van der Waals surface area contributed by atoms with Gasteiger partial charge in [-0.15, -0.1) is 11.8 Å². The van der Waals surface area contributed by atoms with Crippen LogP contribution in [0.3, 0.4) is 0 Å². The molecule has 34 heavy (non-hydrogen) atoms. The Bertz CT molecular complexity index is 985. The van der Waals surface area contributed by atoms with E-state index in [2.05, 4.69) is 41.7 Å². The van der Waals surface area contributed by atoms with Crippen LogP contribution in [0.1, 0.15) is 31.1 Å². The van der Waals surface area contributed by atoms with Crippen molar-refractivity contribution < 1.29 is 14.3 Å². The molecule has 10 heteroatoms. The standard InChI is InChI=1S/C24H33N5O3S2/c1-24(2,3)18-13-25-20(32-18)15-33-21-14-26-23(34-21)28-22(31)16-8-6-9-17(12-16)27-19(30)10-7-11-29(4)5/h6-10,12-13,20-21,25H,11,14-15H2,1-5H3,(H,27,30)(H,26,28,31)/b10-7+. The highest BCUT2D eigenvalue weighted by molar-refractivity contribution is 8.25. The van der Waals surface area contributed by atoms with Gasteiger partial charge in [0, 0.05) is 35.5 Å². The zero-order valence-corrected chi connectivity index (χ0v) is 21.9. The highest BCUT2D eigenvalue weighted by Gasteiger charge is 2.29. The second kappa shape index (κ2) is 11.8. The molecule has 0 aliphatic carbocycles. The van der Waals surface area contributed by atoms with Gasteiger partial charge in [0.2, 0.25) is 5.91 Å². The molecule has 2 aliphatic heterocycles. The lowest BCUT2D eigenvalue weighted by Gasteiger charge is -2.21. The number of aliphatic imine (C=N–C) groups is 1. The summed E-state index contributed by atoms with van der Waals surface area (Å²) < 4.78 is 6.20. The molecule has 2 amide bonds. The number of carbonyl (C=O) groups excluding carboxylic acids is 2. The van der Waals surface area contributed by atoms with Crippen LogP contribution in [0.4, 0.5) is 5.69 Å². The minimum absolute atomic E-state index is 0.0159. The van der Waals surface area contributed by atoms with Crippen molar-refractivity contribution in [3.05, 3.63) is 53.9 Å². The predicted octanol–water partition coefficient (Wildman–Crippen LogP) is 3.47. The molecule has 3 rings (SSSR count). The number of ether oxygens (including phenoxy) is 1. The van der Waals surface area contributed by atoms with Crippen molar-refractivity contribution in [1.29, 1.82) is 0 Å². The van der Waals surface area contributed by atoms with Crippen LogP contribution in [0.2, 0.25) is 0 Å². The number of benzene rings is 1. The van der Waals surface area contributed by atoms with E-state index in [0.29, 0.717) is 29.5 Å². The molecule has 0 aromatic heterocycles.